The van der Waals surface area contributed by atoms with E-state index in [4.69, 9.17) is 4.98 Å². The highest BCUT2D eigenvalue weighted by atomic mass is 79.9. The minimum absolute atomic E-state index is 0.0692. The van der Waals surface area contributed by atoms with Crippen molar-refractivity contribution in [3.63, 3.8) is 0 Å². The number of aromatic nitrogens is 1. The topological polar surface area (TPSA) is 36.4 Å². The first-order valence-corrected chi connectivity index (χ1v) is 10.6. The van der Waals surface area contributed by atoms with E-state index in [9.17, 15) is 4.79 Å². The molecule has 0 spiro atoms. The molecule has 29 heavy (non-hydrogen) atoms. The molecule has 5 heteroatoms. The normalized spacial score (nSPS) is 14.2. The summed E-state index contributed by atoms with van der Waals surface area (Å²) in [5.41, 5.74) is 5.86. The number of rotatable bonds is 3. The van der Waals surface area contributed by atoms with Gasteiger partial charge in [-0.15, -0.1) is 0 Å². The molecule has 0 N–H and O–H groups in total. The predicted octanol–water partition coefficient (Wildman–Crippen LogP) is 5.09. The molecule has 4 nitrogen and oxygen atoms in total. The van der Waals surface area contributed by atoms with Crippen LogP contribution in [-0.4, -0.2) is 42.0 Å². The van der Waals surface area contributed by atoms with Crippen molar-refractivity contribution in [1.29, 1.82) is 0 Å². The third-order valence-electron chi connectivity index (χ3n) is 5.37. The number of piperazine rings is 1. The molecule has 0 radical (unpaired) electrons. The van der Waals surface area contributed by atoms with E-state index in [0.29, 0.717) is 5.56 Å². The van der Waals surface area contributed by atoms with Crippen LogP contribution >= 0.6 is 15.9 Å². The van der Waals surface area contributed by atoms with Crippen molar-refractivity contribution >= 4 is 27.5 Å². The van der Waals surface area contributed by atoms with Crippen LogP contribution in [0.1, 0.15) is 21.6 Å². The molecule has 2 aromatic carbocycles. The summed E-state index contributed by atoms with van der Waals surface area (Å²) in [7, 11) is 0. The second kappa shape index (κ2) is 8.37. The number of halogens is 1. The molecule has 0 aliphatic carbocycles. The molecule has 1 aliphatic heterocycles. The van der Waals surface area contributed by atoms with Gasteiger partial charge in [-0.05, 0) is 55.8 Å². The molecule has 2 heterocycles. The lowest BCUT2D eigenvalue weighted by Crippen LogP contribution is -2.49. The number of anilines is 1. The van der Waals surface area contributed by atoms with E-state index in [1.165, 1.54) is 11.3 Å². The van der Waals surface area contributed by atoms with Crippen LogP contribution in [0.3, 0.4) is 0 Å². The molecular weight excluding hydrogens is 426 g/mol. The van der Waals surface area contributed by atoms with Crippen LogP contribution in [0.2, 0.25) is 0 Å². The molecule has 148 valence electrons. The maximum Gasteiger partial charge on any atom is 0.255 e. The van der Waals surface area contributed by atoms with Crippen LogP contribution in [0.5, 0.6) is 0 Å². The molecule has 0 atom stereocenters. The Labute approximate surface area is 180 Å². The molecule has 0 unspecified atom stereocenters. The maximum atomic E-state index is 13.1. The third kappa shape index (κ3) is 4.35. The van der Waals surface area contributed by atoms with Crippen molar-refractivity contribution < 1.29 is 4.79 Å². The van der Waals surface area contributed by atoms with Crippen LogP contribution < -0.4 is 4.90 Å². The van der Waals surface area contributed by atoms with Gasteiger partial charge in [0.05, 0.1) is 17.0 Å². The van der Waals surface area contributed by atoms with Gasteiger partial charge in [-0.2, -0.15) is 0 Å². The standard InChI is InChI=1S/C24H24BrN3O/c1-17-5-3-8-21(15-17)27-11-13-28(14-12-27)24(29)22-9-10-23(26-18(22)2)19-6-4-7-20(25)16-19/h3-10,15-16H,11-14H2,1-2H3. The Hall–Kier alpha value is -2.66. The van der Waals surface area contributed by atoms with Crippen molar-refractivity contribution in [1.82, 2.24) is 9.88 Å². The highest BCUT2D eigenvalue weighted by Crippen LogP contribution is 2.24. The van der Waals surface area contributed by atoms with E-state index >= 15 is 0 Å². The summed E-state index contributed by atoms with van der Waals surface area (Å²) >= 11 is 3.50. The molecule has 1 fully saturated rings. The zero-order chi connectivity index (χ0) is 20.4. The average molecular weight is 450 g/mol. The first-order valence-electron chi connectivity index (χ1n) is 9.86. The van der Waals surface area contributed by atoms with Gasteiger partial charge in [0.2, 0.25) is 0 Å². The van der Waals surface area contributed by atoms with Gasteiger partial charge in [-0.3, -0.25) is 9.78 Å². The smallest absolute Gasteiger partial charge is 0.255 e. The molecule has 0 saturated carbocycles. The molecule has 1 saturated heterocycles. The Kier molecular flexibility index (Phi) is 5.67. The van der Waals surface area contributed by atoms with Crippen molar-refractivity contribution in [3.8, 4) is 11.3 Å². The number of carbonyl (C=O) groups excluding carboxylic acids is 1. The van der Waals surface area contributed by atoms with Gasteiger partial charge in [0, 0.05) is 41.9 Å². The SMILES string of the molecule is Cc1cccc(N2CCN(C(=O)c3ccc(-c4cccc(Br)c4)nc3C)CC2)c1. The number of nitrogens with zero attached hydrogens (tertiary/aromatic N) is 3. The fourth-order valence-electron chi connectivity index (χ4n) is 3.76. The Morgan fingerprint density at radius 1 is 0.931 bits per heavy atom. The predicted molar refractivity (Wildman–Crippen MR) is 121 cm³/mol. The second-order valence-electron chi connectivity index (χ2n) is 7.46. The monoisotopic (exact) mass is 449 g/mol. The summed E-state index contributed by atoms with van der Waals surface area (Å²) in [6, 6.07) is 20.4. The number of hydrogen-bond acceptors (Lipinski definition) is 3. The average Bonchev–Trinajstić information content (AvgIpc) is 2.73. The van der Waals surface area contributed by atoms with Crippen LogP contribution in [0, 0.1) is 13.8 Å². The zero-order valence-electron chi connectivity index (χ0n) is 16.7. The summed E-state index contributed by atoms with van der Waals surface area (Å²) in [6.45, 7) is 7.16. The Balaban J connectivity index is 1.46. The third-order valence-corrected chi connectivity index (χ3v) is 5.86. The van der Waals surface area contributed by atoms with Gasteiger partial charge in [-0.25, -0.2) is 0 Å². The lowest BCUT2D eigenvalue weighted by molar-refractivity contribution is 0.0745. The number of hydrogen-bond donors (Lipinski definition) is 0. The van der Waals surface area contributed by atoms with Crippen molar-refractivity contribution in [2.24, 2.45) is 0 Å². The largest absolute Gasteiger partial charge is 0.368 e. The molecule has 3 aromatic rings. The highest BCUT2D eigenvalue weighted by Gasteiger charge is 2.24. The number of pyridine rings is 1. The maximum absolute atomic E-state index is 13.1. The number of aryl methyl sites for hydroxylation is 2. The molecule has 1 aromatic heterocycles. The van der Waals surface area contributed by atoms with Gasteiger partial charge in [0.1, 0.15) is 0 Å². The summed E-state index contributed by atoms with van der Waals surface area (Å²) < 4.78 is 1.01. The molecule has 4 rings (SSSR count). The highest BCUT2D eigenvalue weighted by molar-refractivity contribution is 9.10. The Morgan fingerprint density at radius 3 is 2.38 bits per heavy atom. The molecule has 1 aliphatic rings. The fraction of sp³-hybridized carbons (Fsp3) is 0.250. The van der Waals surface area contributed by atoms with Crippen LogP contribution in [0.15, 0.2) is 65.1 Å². The lowest BCUT2D eigenvalue weighted by Gasteiger charge is -2.36. The molecule has 1 amide bonds. The van der Waals surface area contributed by atoms with E-state index < -0.39 is 0 Å². The Bertz CT molecular complexity index is 1040. The summed E-state index contributed by atoms with van der Waals surface area (Å²) in [4.78, 5) is 22.1. The van der Waals surface area contributed by atoms with Gasteiger partial charge >= 0.3 is 0 Å². The quantitative estimate of drug-likeness (QED) is 0.558. The first-order chi connectivity index (χ1) is 14.0. The van der Waals surface area contributed by atoms with E-state index in [0.717, 1.165) is 47.6 Å². The molecular formula is C24H24BrN3O. The van der Waals surface area contributed by atoms with E-state index in [1.54, 1.807) is 0 Å². The van der Waals surface area contributed by atoms with E-state index in [1.807, 2.05) is 48.2 Å². The first kappa shape index (κ1) is 19.6. The van der Waals surface area contributed by atoms with E-state index in [2.05, 4.69) is 52.0 Å². The van der Waals surface area contributed by atoms with Gasteiger partial charge in [0.15, 0.2) is 0 Å². The summed E-state index contributed by atoms with van der Waals surface area (Å²) in [5, 5.41) is 0. The second-order valence-corrected chi connectivity index (χ2v) is 8.37. The van der Waals surface area contributed by atoms with Crippen molar-refractivity contribution in [2.75, 3.05) is 31.1 Å². The van der Waals surface area contributed by atoms with Crippen LogP contribution in [-0.2, 0) is 0 Å². The van der Waals surface area contributed by atoms with Gasteiger partial charge in [-0.1, -0.05) is 40.2 Å². The van der Waals surface area contributed by atoms with Crippen molar-refractivity contribution in [3.05, 3.63) is 82.0 Å². The number of amides is 1. The zero-order valence-corrected chi connectivity index (χ0v) is 18.3. The van der Waals surface area contributed by atoms with Gasteiger partial charge < -0.3 is 9.80 Å². The minimum Gasteiger partial charge on any atom is -0.368 e. The number of carbonyl (C=O) groups is 1. The fourth-order valence-corrected chi connectivity index (χ4v) is 4.16. The Morgan fingerprint density at radius 2 is 1.69 bits per heavy atom. The summed E-state index contributed by atoms with van der Waals surface area (Å²) in [6.07, 6.45) is 0. The molecule has 0 bridgehead atoms. The summed E-state index contributed by atoms with van der Waals surface area (Å²) in [5.74, 6) is 0.0692. The van der Waals surface area contributed by atoms with Crippen LogP contribution in [0.4, 0.5) is 5.69 Å². The van der Waals surface area contributed by atoms with Crippen LogP contribution in [0.25, 0.3) is 11.3 Å². The van der Waals surface area contributed by atoms with Gasteiger partial charge in [0.25, 0.3) is 5.91 Å². The number of benzene rings is 2. The van der Waals surface area contributed by atoms with E-state index in [-0.39, 0.29) is 5.91 Å². The lowest BCUT2D eigenvalue weighted by atomic mass is 10.1. The van der Waals surface area contributed by atoms with Crippen molar-refractivity contribution in [2.45, 2.75) is 13.8 Å². The minimum atomic E-state index is 0.0692.